The summed E-state index contributed by atoms with van der Waals surface area (Å²) in [4.78, 5) is 12.5. The first kappa shape index (κ1) is 16.6. The van der Waals surface area contributed by atoms with E-state index in [1.54, 1.807) is 6.92 Å². The second kappa shape index (κ2) is 7.39. The molecule has 0 radical (unpaired) electrons. The van der Waals surface area contributed by atoms with E-state index in [2.05, 4.69) is 12.2 Å². The van der Waals surface area contributed by atoms with Gasteiger partial charge >= 0.3 is 0 Å². The van der Waals surface area contributed by atoms with E-state index >= 15 is 0 Å². The molecule has 0 aromatic rings. The first-order chi connectivity index (χ1) is 8.96. The monoisotopic (exact) mass is 289 g/mol. The smallest absolute Gasteiger partial charge is 0.150 e. The van der Waals surface area contributed by atoms with Crippen LogP contribution < -0.4 is 5.32 Å². The zero-order valence-electron chi connectivity index (χ0n) is 12.2. The third-order valence-corrected chi connectivity index (χ3v) is 5.97. The number of ketones is 1. The van der Waals surface area contributed by atoms with Crippen LogP contribution >= 0.6 is 0 Å². The summed E-state index contributed by atoms with van der Waals surface area (Å²) >= 11 is 0. The molecule has 1 fully saturated rings. The molecule has 112 valence electrons. The van der Waals surface area contributed by atoms with E-state index in [1.807, 2.05) is 0 Å². The number of rotatable bonds is 8. The van der Waals surface area contributed by atoms with Gasteiger partial charge in [-0.2, -0.15) is 0 Å². The maximum Gasteiger partial charge on any atom is 0.150 e. The fourth-order valence-corrected chi connectivity index (χ4v) is 3.79. The topological polar surface area (TPSA) is 63.2 Å². The number of hydrogen-bond acceptors (Lipinski definition) is 4. The van der Waals surface area contributed by atoms with Crippen molar-refractivity contribution in [3.8, 4) is 0 Å². The Labute approximate surface area is 117 Å². The molecule has 1 saturated heterocycles. The third-order valence-electron chi connectivity index (χ3n) is 4.18. The van der Waals surface area contributed by atoms with Crippen LogP contribution in [0.5, 0.6) is 0 Å². The summed E-state index contributed by atoms with van der Waals surface area (Å²) in [5, 5.41) is 3.29. The molecular formula is C14H27NO3S. The van der Waals surface area contributed by atoms with E-state index in [0.29, 0.717) is 12.8 Å². The molecular weight excluding hydrogens is 262 g/mol. The van der Waals surface area contributed by atoms with Crippen molar-refractivity contribution in [3.63, 3.8) is 0 Å². The van der Waals surface area contributed by atoms with Crippen LogP contribution in [0.15, 0.2) is 0 Å². The van der Waals surface area contributed by atoms with Gasteiger partial charge in [-0.3, -0.25) is 4.79 Å². The Bertz CT molecular complexity index is 378. The zero-order chi connectivity index (χ0) is 14.4. The quantitative estimate of drug-likeness (QED) is 0.742. The van der Waals surface area contributed by atoms with Gasteiger partial charge in [-0.1, -0.05) is 20.3 Å². The molecule has 1 rings (SSSR count). The molecule has 0 amide bonds. The summed E-state index contributed by atoms with van der Waals surface area (Å²) in [6.07, 6.45) is 4.65. The van der Waals surface area contributed by atoms with Crippen LogP contribution in [0, 0.1) is 5.41 Å². The molecule has 0 unspecified atom stereocenters. The number of carbonyl (C=O) groups is 1. The van der Waals surface area contributed by atoms with Crippen LogP contribution in [0.1, 0.15) is 52.4 Å². The Balaban J connectivity index is 2.53. The Hall–Kier alpha value is -0.420. The molecule has 5 heteroatoms. The largest absolute Gasteiger partial charge is 0.317 e. The van der Waals surface area contributed by atoms with Gasteiger partial charge in [-0.05, 0) is 38.8 Å². The molecule has 1 aliphatic heterocycles. The van der Waals surface area contributed by atoms with Crippen molar-refractivity contribution in [2.45, 2.75) is 52.4 Å². The lowest BCUT2D eigenvalue weighted by Crippen LogP contribution is -2.42. The highest BCUT2D eigenvalue weighted by Gasteiger charge is 2.37. The highest BCUT2D eigenvalue weighted by molar-refractivity contribution is 7.91. The van der Waals surface area contributed by atoms with Crippen molar-refractivity contribution in [1.82, 2.24) is 5.32 Å². The first-order valence-corrected chi connectivity index (χ1v) is 9.22. The van der Waals surface area contributed by atoms with E-state index < -0.39 is 9.84 Å². The molecule has 0 spiro atoms. The lowest BCUT2D eigenvalue weighted by atomic mass is 9.71. The van der Waals surface area contributed by atoms with Crippen molar-refractivity contribution >= 4 is 15.6 Å². The molecule has 0 aliphatic carbocycles. The third kappa shape index (κ3) is 4.88. The van der Waals surface area contributed by atoms with Crippen LogP contribution in [0.2, 0.25) is 0 Å². The molecule has 1 heterocycles. The highest BCUT2D eigenvalue weighted by atomic mass is 32.2. The van der Waals surface area contributed by atoms with Crippen molar-refractivity contribution in [3.05, 3.63) is 0 Å². The molecule has 1 N–H and O–H groups in total. The van der Waals surface area contributed by atoms with E-state index in [0.717, 1.165) is 38.8 Å². The molecule has 4 nitrogen and oxygen atoms in total. The van der Waals surface area contributed by atoms with Crippen LogP contribution in [0.4, 0.5) is 0 Å². The average molecular weight is 289 g/mol. The van der Waals surface area contributed by atoms with Gasteiger partial charge in [0.25, 0.3) is 0 Å². The summed E-state index contributed by atoms with van der Waals surface area (Å²) in [7, 11) is -2.94. The van der Waals surface area contributed by atoms with Gasteiger partial charge in [-0.25, -0.2) is 8.42 Å². The molecule has 19 heavy (non-hydrogen) atoms. The van der Waals surface area contributed by atoms with E-state index in [1.165, 1.54) is 0 Å². The highest BCUT2D eigenvalue weighted by Crippen LogP contribution is 2.36. The summed E-state index contributed by atoms with van der Waals surface area (Å²) in [6.45, 7) is 5.57. The molecule has 0 saturated carbocycles. The minimum absolute atomic E-state index is 0.149. The fraction of sp³-hybridized carbons (Fsp3) is 0.929. The zero-order valence-corrected chi connectivity index (χ0v) is 13.0. The second-order valence-electron chi connectivity index (χ2n) is 5.54. The van der Waals surface area contributed by atoms with Gasteiger partial charge in [0.1, 0.15) is 15.6 Å². The fourth-order valence-electron chi connectivity index (χ4n) is 2.91. The molecule has 0 atom stereocenters. The Morgan fingerprint density at radius 1 is 1.21 bits per heavy atom. The summed E-state index contributed by atoms with van der Waals surface area (Å²) in [6, 6.07) is 0. The summed E-state index contributed by atoms with van der Waals surface area (Å²) in [5.41, 5.74) is -0.185. The molecule has 0 bridgehead atoms. The Morgan fingerprint density at radius 3 is 2.37 bits per heavy atom. The maximum absolute atomic E-state index is 12.5. The van der Waals surface area contributed by atoms with E-state index in [4.69, 9.17) is 0 Å². The summed E-state index contributed by atoms with van der Waals surface area (Å²) in [5.74, 6) is 0.600. The first-order valence-electron chi connectivity index (χ1n) is 7.40. The predicted octanol–water partition coefficient (Wildman–Crippen LogP) is 1.94. The number of Topliss-reactive ketones (excluding diaryl/α,β-unsaturated/α-hetero) is 1. The minimum atomic E-state index is -2.94. The standard InChI is InChI=1S/C14H27NO3S/c1-3-7-14(8-10-15-11-9-14)13(16)6-5-12-19(17,18)4-2/h15H,3-12H2,1-2H3. The van der Waals surface area contributed by atoms with Crippen LogP contribution in [0.3, 0.4) is 0 Å². The lowest BCUT2D eigenvalue weighted by Gasteiger charge is -2.36. The van der Waals surface area contributed by atoms with Gasteiger partial charge in [0, 0.05) is 17.6 Å². The molecule has 1 aliphatic rings. The van der Waals surface area contributed by atoms with Crippen molar-refractivity contribution in [2.24, 2.45) is 5.41 Å². The minimum Gasteiger partial charge on any atom is -0.317 e. The number of sulfone groups is 1. The normalized spacial score (nSPS) is 19.3. The Kier molecular flexibility index (Phi) is 6.47. The van der Waals surface area contributed by atoms with Gasteiger partial charge in [0.05, 0.1) is 5.75 Å². The number of carbonyl (C=O) groups excluding carboxylic acids is 1. The van der Waals surface area contributed by atoms with Gasteiger partial charge in [0.2, 0.25) is 0 Å². The van der Waals surface area contributed by atoms with Crippen LogP contribution in [0.25, 0.3) is 0 Å². The molecule has 0 aromatic heterocycles. The van der Waals surface area contributed by atoms with Crippen molar-refractivity contribution in [2.75, 3.05) is 24.6 Å². The van der Waals surface area contributed by atoms with E-state index in [9.17, 15) is 13.2 Å². The maximum atomic E-state index is 12.5. The van der Waals surface area contributed by atoms with Crippen LogP contribution in [-0.2, 0) is 14.6 Å². The van der Waals surface area contributed by atoms with Crippen molar-refractivity contribution in [1.29, 1.82) is 0 Å². The van der Waals surface area contributed by atoms with Crippen molar-refractivity contribution < 1.29 is 13.2 Å². The predicted molar refractivity (Wildman–Crippen MR) is 78.0 cm³/mol. The number of hydrogen-bond donors (Lipinski definition) is 1. The number of piperidine rings is 1. The van der Waals surface area contributed by atoms with Gasteiger partial charge in [0.15, 0.2) is 0 Å². The van der Waals surface area contributed by atoms with E-state index in [-0.39, 0.29) is 22.7 Å². The van der Waals surface area contributed by atoms with Gasteiger partial charge in [-0.15, -0.1) is 0 Å². The van der Waals surface area contributed by atoms with Crippen LogP contribution in [-0.4, -0.2) is 38.8 Å². The molecule has 0 aromatic carbocycles. The lowest BCUT2D eigenvalue weighted by molar-refractivity contribution is -0.130. The number of nitrogens with one attached hydrogen (secondary N) is 1. The average Bonchev–Trinajstić information content (AvgIpc) is 2.40. The summed E-state index contributed by atoms with van der Waals surface area (Å²) < 4.78 is 22.9. The SMILES string of the molecule is CCCC1(C(=O)CCCS(=O)(=O)CC)CCNCC1. The Morgan fingerprint density at radius 2 is 1.84 bits per heavy atom. The second-order valence-corrected chi connectivity index (χ2v) is 8.02. The van der Waals surface area contributed by atoms with Gasteiger partial charge < -0.3 is 5.32 Å².